The quantitative estimate of drug-likeness (QED) is 0.903. The van der Waals surface area contributed by atoms with Crippen LogP contribution in [0.1, 0.15) is 38.7 Å². The van der Waals surface area contributed by atoms with E-state index in [9.17, 15) is 5.11 Å². The number of hydrogen-bond acceptors (Lipinski definition) is 3. The van der Waals surface area contributed by atoms with Crippen LogP contribution in [0.5, 0.6) is 0 Å². The molecular formula is C15H23BrN2O. The van der Waals surface area contributed by atoms with Gasteiger partial charge in [0.15, 0.2) is 0 Å². The molecule has 1 aliphatic rings. The molecule has 0 bridgehead atoms. The van der Waals surface area contributed by atoms with Gasteiger partial charge in [-0.3, -0.25) is 9.88 Å². The summed E-state index contributed by atoms with van der Waals surface area (Å²) in [6.07, 6.45) is 7.39. The van der Waals surface area contributed by atoms with Crippen molar-refractivity contribution in [3.05, 3.63) is 28.5 Å². The molecule has 0 amide bonds. The second-order valence-corrected chi connectivity index (χ2v) is 6.55. The Labute approximate surface area is 124 Å². The van der Waals surface area contributed by atoms with E-state index in [1.807, 2.05) is 12.3 Å². The average Bonchev–Trinajstić information content (AvgIpc) is 2.92. The number of pyridine rings is 1. The summed E-state index contributed by atoms with van der Waals surface area (Å²) in [6, 6.07) is 2.04. The fourth-order valence-electron chi connectivity index (χ4n) is 2.91. The maximum Gasteiger partial charge on any atom is 0.0761 e. The zero-order valence-electron chi connectivity index (χ0n) is 11.8. The van der Waals surface area contributed by atoms with Crippen LogP contribution in [0.15, 0.2) is 22.9 Å². The molecule has 1 aromatic rings. The first kappa shape index (κ1) is 14.9. The fraction of sp³-hybridized carbons (Fsp3) is 0.667. The van der Waals surface area contributed by atoms with Crippen LogP contribution in [-0.2, 0) is 6.42 Å². The number of aromatic nitrogens is 1. The van der Waals surface area contributed by atoms with E-state index in [1.54, 1.807) is 6.20 Å². The van der Waals surface area contributed by atoms with E-state index in [2.05, 4.69) is 39.7 Å². The van der Waals surface area contributed by atoms with Crippen molar-refractivity contribution in [2.24, 2.45) is 0 Å². The van der Waals surface area contributed by atoms with Crippen LogP contribution in [0.2, 0.25) is 0 Å². The molecule has 106 valence electrons. The first-order chi connectivity index (χ1) is 9.06. The predicted molar refractivity (Wildman–Crippen MR) is 81.2 cm³/mol. The molecule has 4 heteroatoms. The monoisotopic (exact) mass is 326 g/mol. The maximum atomic E-state index is 10.7. The van der Waals surface area contributed by atoms with E-state index in [0.29, 0.717) is 6.42 Å². The molecule has 0 radical (unpaired) electrons. The van der Waals surface area contributed by atoms with Gasteiger partial charge >= 0.3 is 0 Å². The summed E-state index contributed by atoms with van der Waals surface area (Å²) in [4.78, 5) is 6.62. The highest BCUT2D eigenvalue weighted by molar-refractivity contribution is 9.10. The number of likely N-dealkylation sites (tertiary alicyclic amines) is 1. The van der Waals surface area contributed by atoms with E-state index in [1.165, 1.54) is 12.8 Å². The van der Waals surface area contributed by atoms with E-state index in [0.717, 1.165) is 29.5 Å². The predicted octanol–water partition coefficient (Wildman–Crippen LogP) is 3.01. The van der Waals surface area contributed by atoms with Gasteiger partial charge in [0.1, 0.15) is 0 Å². The Hall–Kier alpha value is -0.450. The lowest BCUT2D eigenvalue weighted by Gasteiger charge is -2.42. The van der Waals surface area contributed by atoms with E-state index in [4.69, 9.17) is 0 Å². The molecule has 0 spiro atoms. The minimum absolute atomic E-state index is 0.126. The third-order valence-electron chi connectivity index (χ3n) is 4.45. The summed E-state index contributed by atoms with van der Waals surface area (Å²) in [7, 11) is 0. The van der Waals surface area contributed by atoms with Crippen LogP contribution in [-0.4, -0.2) is 39.7 Å². The molecule has 2 atom stereocenters. The number of aliphatic hydroxyl groups is 1. The summed E-state index contributed by atoms with van der Waals surface area (Å²) in [5, 5.41) is 10.7. The van der Waals surface area contributed by atoms with Gasteiger partial charge in [-0.2, -0.15) is 0 Å². The van der Waals surface area contributed by atoms with Crippen LogP contribution in [0, 0.1) is 0 Å². The lowest BCUT2D eigenvalue weighted by atomic mass is 9.86. The van der Waals surface area contributed by atoms with Gasteiger partial charge < -0.3 is 5.11 Å². The highest BCUT2D eigenvalue weighted by Crippen LogP contribution is 2.29. The van der Waals surface area contributed by atoms with Crippen molar-refractivity contribution in [3.63, 3.8) is 0 Å². The van der Waals surface area contributed by atoms with Crippen molar-refractivity contribution < 1.29 is 5.11 Å². The van der Waals surface area contributed by atoms with Crippen molar-refractivity contribution in [2.75, 3.05) is 13.1 Å². The smallest absolute Gasteiger partial charge is 0.0761 e. The Bertz CT molecular complexity index is 420. The summed E-state index contributed by atoms with van der Waals surface area (Å²) in [5.74, 6) is 0. The SMILES string of the molecule is CCC(C)(C(O)Cc1cncc(Br)c1)N1CCCC1. The highest BCUT2D eigenvalue weighted by atomic mass is 79.9. The molecule has 1 fully saturated rings. The topological polar surface area (TPSA) is 36.4 Å². The van der Waals surface area contributed by atoms with E-state index >= 15 is 0 Å². The third-order valence-corrected chi connectivity index (χ3v) is 4.89. The summed E-state index contributed by atoms with van der Waals surface area (Å²) in [6.45, 7) is 6.57. The van der Waals surface area contributed by atoms with Crippen LogP contribution in [0.25, 0.3) is 0 Å². The Morgan fingerprint density at radius 1 is 1.42 bits per heavy atom. The van der Waals surface area contributed by atoms with Crippen molar-refractivity contribution in [1.29, 1.82) is 0 Å². The molecule has 1 aromatic heterocycles. The van der Waals surface area contributed by atoms with Gasteiger partial charge in [-0.05, 0) is 66.8 Å². The number of rotatable bonds is 5. The van der Waals surface area contributed by atoms with Gasteiger partial charge in [0.05, 0.1) is 6.10 Å². The highest BCUT2D eigenvalue weighted by Gasteiger charge is 2.38. The Morgan fingerprint density at radius 2 is 2.11 bits per heavy atom. The van der Waals surface area contributed by atoms with Crippen molar-refractivity contribution in [2.45, 2.75) is 51.2 Å². The normalized spacial score (nSPS) is 21.3. The summed E-state index contributed by atoms with van der Waals surface area (Å²) >= 11 is 3.43. The molecule has 0 aromatic carbocycles. The third kappa shape index (κ3) is 3.36. The van der Waals surface area contributed by atoms with Gasteiger partial charge in [-0.25, -0.2) is 0 Å². The standard InChI is InChI=1S/C15H23BrN2O/c1-3-15(2,18-6-4-5-7-18)14(19)9-12-8-13(16)11-17-10-12/h8,10-11,14,19H,3-7,9H2,1-2H3. The minimum Gasteiger partial charge on any atom is -0.391 e. The van der Waals surface area contributed by atoms with Crippen molar-refractivity contribution in [3.8, 4) is 0 Å². The second kappa shape index (κ2) is 6.33. The molecule has 2 heterocycles. The molecule has 1 aliphatic heterocycles. The zero-order valence-corrected chi connectivity index (χ0v) is 13.4. The zero-order chi connectivity index (χ0) is 13.9. The first-order valence-electron chi connectivity index (χ1n) is 7.09. The van der Waals surface area contributed by atoms with Gasteiger partial charge in [0.25, 0.3) is 0 Å². The molecule has 3 nitrogen and oxygen atoms in total. The van der Waals surface area contributed by atoms with Gasteiger partial charge in [-0.15, -0.1) is 0 Å². The lowest BCUT2D eigenvalue weighted by molar-refractivity contribution is -0.0117. The number of nitrogens with zero attached hydrogens (tertiary/aromatic N) is 2. The molecule has 2 rings (SSSR count). The Morgan fingerprint density at radius 3 is 2.68 bits per heavy atom. The number of hydrogen-bond donors (Lipinski definition) is 1. The van der Waals surface area contributed by atoms with Gasteiger partial charge in [0, 0.05) is 28.8 Å². The average molecular weight is 327 g/mol. The molecule has 1 N–H and O–H groups in total. The lowest BCUT2D eigenvalue weighted by Crippen LogP contribution is -2.53. The molecule has 19 heavy (non-hydrogen) atoms. The largest absolute Gasteiger partial charge is 0.391 e. The minimum atomic E-state index is -0.355. The molecule has 0 aliphatic carbocycles. The van der Waals surface area contributed by atoms with Crippen molar-refractivity contribution >= 4 is 15.9 Å². The fourth-order valence-corrected chi connectivity index (χ4v) is 3.32. The molecule has 1 saturated heterocycles. The number of halogens is 1. The first-order valence-corrected chi connectivity index (χ1v) is 7.88. The van der Waals surface area contributed by atoms with Crippen LogP contribution >= 0.6 is 15.9 Å². The summed E-state index contributed by atoms with van der Waals surface area (Å²) in [5.41, 5.74) is 0.958. The van der Waals surface area contributed by atoms with Crippen LogP contribution in [0.3, 0.4) is 0 Å². The maximum absolute atomic E-state index is 10.7. The Balaban J connectivity index is 2.09. The van der Waals surface area contributed by atoms with Gasteiger partial charge in [-0.1, -0.05) is 6.92 Å². The van der Waals surface area contributed by atoms with Gasteiger partial charge in [0.2, 0.25) is 0 Å². The Kier molecular flexibility index (Phi) is 4.98. The van der Waals surface area contributed by atoms with Crippen molar-refractivity contribution in [1.82, 2.24) is 9.88 Å². The second-order valence-electron chi connectivity index (χ2n) is 5.64. The molecule has 2 unspecified atom stereocenters. The molecule has 0 saturated carbocycles. The number of aliphatic hydroxyl groups excluding tert-OH is 1. The van der Waals surface area contributed by atoms with Crippen LogP contribution in [0.4, 0.5) is 0 Å². The molecular weight excluding hydrogens is 304 g/mol. The van der Waals surface area contributed by atoms with E-state index in [-0.39, 0.29) is 11.6 Å². The van der Waals surface area contributed by atoms with Crippen LogP contribution < -0.4 is 0 Å². The summed E-state index contributed by atoms with van der Waals surface area (Å²) < 4.78 is 0.969. The van der Waals surface area contributed by atoms with E-state index < -0.39 is 0 Å².